The van der Waals surface area contributed by atoms with E-state index in [1.54, 1.807) is 0 Å². The van der Waals surface area contributed by atoms with Crippen LogP contribution in [0.3, 0.4) is 0 Å². The molecule has 0 aromatic heterocycles. The van der Waals surface area contributed by atoms with Crippen LogP contribution in [0.5, 0.6) is 11.5 Å². The zero-order valence-corrected chi connectivity index (χ0v) is 9.45. The molecule has 1 aromatic carbocycles. The van der Waals surface area contributed by atoms with Gasteiger partial charge in [-0.2, -0.15) is 0 Å². The predicted octanol–water partition coefficient (Wildman–Crippen LogP) is 2.61. The molecule has 0 saturated heterocycles. The van der Waals surface area contributed by atoms with E-state index < -0.39 is 18.1 Å². The van der Waals surface area contributed by atoms with Crippen LogP contribution >= 0.6 is 0 Å². The summed E-state index contributed by atoms with van der Waals surface area (Å²) in [5.41, 5.74) is 0.133. The van der Waals surface area contributed by atoms with Crippen LogP contribution in [-0.4, -0.2) is 24.5 Å². The number of carboxylic acids is 1. The molecule has 0 saturated carbocycles. The van der Waals surface area contributed by atoms with Gasteiger partial charge < -0.3 is 14.6 Å². The van der Waals surface area contributed by atoms with E-state index in [-0.39, 0.29) is 18.4 Å². The highest BCUT2D eigenvalue weighted by Gasteiger charge is 2.32. The molecule has 0 atom stereocenters. The van der Waals surface area contributed by atoms with Gasteiger partial charge in [0.05, 0.1) is 7.11 Å². The van der Waals surface area contributed by atoms with E-state index >= 15 is 0 Å². The maximum atomic E-state index is 12.1. The van der Waals surface area contributed by atoms with Crippen molar-refractivity contribution in [3.05, 3.63) is 23.8 Å². The van der Waals surface area contributed by atoms with E-state index in [0.717, 1.165) is 6.07 Å². The van der Waals surface area contributed by atoms with Gasteiger partial charge in [0.15, 0.2) is 0 Å². The van der Waals surface area contributed by atoms with Gasteiger partial charge in [-0.15, -0.1) is 13.2 Å². The van der Waals surface area contributed by atoms with Gasteiger partial charge >= 0.3 is 12.3 Å². The number of carboxylic acid groups (broad SMARTS) is 1. The van der Waals surface area contributed by atoms with Crippen molar-refractivity contribution < 1.29 is 32.5 Å². The number of aryl methyl sites for hydroxylation is 1. The molecule has 1 aromatic rings. The van der Waals surface area contributed by atoms with E-state index in [1.807, 2.05) is 0 Å². The molecule has 0 bridgehead atoms. The molecule has 0 aliphatic carbocycles. The molecule has 0 unspecified atom stereocenters. The van der Waals surface area contributed by atoms with Gasteiger partial charge in [-0.25, -0.2) is 0 Å². The number of methoxy groups -OCH3 is 1. The van der Waals surface area contributed by atoms with Gasteiger partial charge in [-0.1, -0.05) is 0 Å². The van der Waals surface area contributed by atoms with Gasteiger partial charge in [-0.05, 0) is 30.2 Å². The number of alkyl halides is 3. The number of aliphatic carboxylic acids is 1. The van der Waals surface area contributed by atoms with Crippen LogP contribution in [0.25, 0.3) is 0 Å². The summed E-state index contributed by atoms with van der Waals surface area (Å²) in [6.07, 6.45) is -5.17. The van der Waals surface area contributed by atoms with E-state index in [0.29, 0.717) is 5.75 Å². The number of hydrogen-bond donors (Lipinski definition) is 1. The molecule has 0 fully saturated rings. The Labute approximate surface area is 101 Å². The Morgan fingerprint density at radius 3 is 2.56 bits per heavy atom. The summed E-state index contributed by atoms with van der Waals surface area (Å²) in [7, 11) is 1.36. The lowest BCUT2D eigenvalue weighted by Gasteiger charge is -2.13. The molecule has 1 N–H and O–H groups in total. The zero-order chi connectivity index (χ0) is 13.8. The Morgan fingerprint density at radius 2 is 2.06 bits per heavy atom. The smallest absolute Gasteiger partial charge is 0.497 e. The molecular formula is C11H11F3O4. The number of carbonyl (C=O) groups is 1. The van der Waals surface area contributed by atoms with Gasteiger partial charge in [-0.3, -0.25) is 4.79 Å². The molecule has 18 heavy (non-hydrogen) atoms. The Morgan fingerprint density at radius 1 is 1.39 bits per heavy atom. The van der Waals surface area contributed by atoms with E-state index in [1.165, 1.54) is 19.2 Å². The lowest BCUT2D eigenvalue weighted by Crippen LogP contribution is -2.18. The molecule has 7 heteroatoms. The molecule has 0 spiro atoms. The topological polar surface area (TPSA) is 55.8 Å². The number of ether oxygens (including phenoxy) is 2. The SMILES string of the molecule is COc1ccc(OC(F)(F)F)c(CCC(=O)O)c1. The average molecular weight is 264 g/mol. The quantitative estimate of drug-likeness (QED) is 0.888. The highest BCUT2D eigenvalue weighted by Crippen LogP contribution is 2.30. The zero-order valence-electron chi connectivity index (χ0n) is 9.45. The van der Waals surface area contributed by atoms with Crippen LogP contribution in [0.15, 0.2) is 18.2 Å². The normalized spacial score (nSPS) is 11.1. The summed E-state index contributed by atoms with van der Waals surface area (Å²) >= 11 is 0. The number of hydrogen-bond acceptors (Lipinski definition) is 3. The summed E-state index contributed by atoms with van der Waals surface area (Å²) in [4.78, 5) is 10.4. The Balaban J connectivity index is 2.96. The van der Waals surface area contributed by atoms with Crippen molar-refractivity contribution in [1.29, 1.82) is 0 Å². The van der Waals surface area contributed by atoms with Crippen molar-refractivity contribution in [2.45, 2.75) is 19.2 Å². The van der Waals surface area contributed by atoms with Gasteiger partial charge in [0, 0.05) is 6.42 Å². The van der Waals surface area contributed by atoms with Crippen molar-refractivity contribution in [2.75, 3.05) is 7.11 Å². The minimum absolute atomic E-state index is 0.0715. The maximum absolute atomic E-state index is 12.1. The van der Waals surface area contributed by atoms with Crippen molar-refractivity contribution in [3.63, 3.8) is 0 Å². The van der Waals surface area contributed by atoms with E-state index in [4.69, 9.17) is 9.84 Å². The van der Waals surface area contributed by atoms with Gasteiger partial charge in [0.2, 0.25) is 0 Å². The monoisotopic (exact) mass is 264 g/mol. The predicted molar refractivity (Wildman–Crippen MR) is 55.6 cm³/mol. The first-order valence-electron chi connectivity index (χ1n) is 4.96. The first-order valence-corrected chi connectivity index (χ1v) is 4.96. The van der Waals surface area contributed by atoms with Crippen molar-refractivity contribution in [3.8, 4) is 11.5 Å². The molecule has 1 rings (SSSR count). The Kier molecular flexibility index (Phi) is 4.41. The second-order valence-corrected chi connectivity index (χ2v) is 3.42. The Hall–Kier alpha value is -1.92. The molecule has 0 heterocycles. The standard InChI is InChI=1S/C11H11F3O4/c1-17-8-3-4-9(18-11(12,13)14)7(6-8)2-5-10(15)16/h3-4,6H,2,5H2,1H3,(H,15,16). The fourth-order valence-electron chi connectivity index (χ4n) is 1.34. The van der Waals surface area contributed by atoms with Crippen molar-refractivity contribution >= 4 is 5.97 Å². The fourth-order valence-corrected chi connectivity index (χ4v) is 1.34. The largest absolute Gasteiger partial charge is 0.573 e. The van der Waals surface area contributed by atoms with Crippen LogP contribution in [0, 0.1) is 0 Å². The van der Waals surface area contributed by atoms with Crippen LogP contribution in [-0.2, 0) is 11.2 Å². The molecular weight excluding hydrogens is 253 g/mol. The molecule has 0 radical (unpaired) electrons. The lowest BCUT2D eigenvalue weighted by atomic mass is 10.1. The third-order valence-electron chi connectivity index (χ3n) is 2.10. The van der Waals surface area contributed by atoms with Crippen LogP contribution in [0.2, 0.25) is 0 Å². The van der Waals surface area contributed by atoms with Gasteiger partial charge in [0.1, 0.15) is 11.5 Å². The maximum Gasteiger partial charge on any atom is 0.573 e. The average Bonchev–Trinajstić information content (AvgIpc) is 2.25. The summed E-state index contributed by atoms with van der Waals surface area (Å²) in [6, 6.07) is 3.73. The van der Waals surface area contributed by atoms with Crippen molar-refractivity contribution in [2.24, 2.45) is 0 Å². The van der Waals surface area contributed by atoms with Crippen LogP contribution in [0.4, 0.5) is 13.2 Å². The fraction of sp³-hybridized carbons (Fsp3) is 0.364. The van der Waals surface area contributed by atoms with Crippen LogP contribution in [0.1, 0.15) is 12.0 Å². The number of halogens is 3. The first-order chi connectivity index (χ1) is 8.31. The minimum atomic E-state index is -4.81. The number of rotatable bonds is 5. The van der Waals surface area contributed by atoms with E-state index in [2.05, 4.69) is 4.74 Å². The van der Waals surface area contributed by atoms with Crippen LogP contribution < -0.4 is 9.47 Å². The third-order valence-corrected chi connectivity index (χ3v) is 2.10. The first kappa shape index (κ1) is 14.1. The Bertz CT molecular complexity index is 429. The second kappa shape index (κ2) is 5.61. The summed E-state index contributed by atoms with van der Waals surface area (Å²) in [5, 5.41) is 8.53. The molecule has 0 aliphatic rings. The third kappa shape index (κ3) is 4.52. The molecule has 100 valence electrons. The van der Waals surface area contributed by atoms with E-state index in [9.17, 15) is 18.0 Å². The summed E-state index contributed by atoms with van der Waals surface area (Å²) in [5.74, 6) is -1.18. The number of benzene rings is 1. The van der Waals surface area contributed by atoms with Crippen molar-refractivity contribution in [1.82, 2.24) is 0 Å². The second-order valence-electron chi connectivity index (χ2n) is 3.42. The summed E-state index contributed by atoms with van der Waals surface area (Å²) < 4.78 is 45.1. The minimum Gasteiger partial charge on any atom is -0.497 e. The molecule has 4 nitrogen and oxygen atoms in total. The lowest BCUT2D eigenvalue weighted by molar-refractivity contribution is -0.274. The highest BCUT2D eigenvalue weighted by atomic mass is 19.4. The molecule has 0 aliphatic heterocycles. The highest BCUT2D eigenvalue weighted by molar-refractivity contribution is 5.67. The van der Waals surface area contributed by atoms with Gasteiger partial charge in [0.25, 0.3) is 0 Å². The summed E-state index contributed by atoms with van der Waals surface area (Å²) in [6.45, 7) is 0. The molecule has 0 amide bonds.